The van der Waals surface area contributed by atoms with Gasteiger partial charge in [-0.25, -0.2) is 5.84 Å². The molecule has 0 saturated heterocycles. The van der Waals surface area contributed by atoms with Crippen molar-refractivity contribution < 1.29 is 0 Å². The molecule has 0 aromatic heterocycles. The first-order chi connectivity index (χ1) is 5.38. The van der Waals surface area contributed by atoms with Crippen molar-refractivity contribution in [2.45, 2.75) is 12.6 Å². The normalized spacial score (nSPS) is 27.5. The zero-order valence-corrected chi connectivity index (χ0v) is 6.20. The predicted octanol–water partition coefficient (Wildman–Crippen LogP) is 0.449. The molecule has 3 nitrogen and oxygen atoms in total. The minimum absolute atomic E-state index is 0.171. The van der Waals surface area contributed by atoms with Gasteiger partial charge in [0.2, 0.25) is 0 Å². The Morgan fingerprint density at radius 1 is 1.64 bits per heavy atom. The van der Waals surface area contributed by atoms with Gasteiger partial charge >= 0.3 is 0 Å². The second kappa shape index (κ2) is 2.43. The molecule has 2 rings (SSSR count). The molecule has 0 aliphatic carbocycles. The number of rotatable bonds is 0. The van der Waals surface area contributed by atoms with Gasteiger partial charge in [-0.2, -0.15) is 0 Å². The van der Waals surface area contributed by atoms with E-state index in [4.69, 9.17) is 5.84 Å². The van der Waals surface area contributed by atoms with Crippen LogP contribution in [0, 0.1) is 0 Å². The van der Waals surface area contributed by atoms with Crippen LogP contribution in [0.25, 0.3) is 0 Å². The second-order valence-electron chi connectivity index (χ2n) is 2.71. The van der Waals surface area contributed by atoms with Gasteiger partial charge < -0.3 is 5.32 Å². The Morgan fingerprint density at radius 3 is 3.36 bits per heavy atom. The Labute approximate surface area is 65.8 Å². The van der Waals surface area contributed by atoms with Crippen LogP contribution in [-0.2, 0) is 0 Å². The van der Waals surface area contributed by atoms with Crippen molar-refractivity contribution in [2.24, 2.45) is 5.84 Å². The molecular weight excluding hydrogens is 138 g/mol. The summed E-state index contributed by atoms with van der Waals surface area (Å²) in [4.78, 5) is 0. The lowest BCUT2D eigenvalue weighted by molar-refractivity contribution is 0.279. The Balaban J connectivity index is 2.27. The maximum atomic E-state index is 5.70. The summed E-state index contributed by atoms with van der Waals surface area (Å²) in [5, 5.41) is 4.85. The van der Waals surface area contributed by atoms with E-state index in [1.807, 2.05) is 18.5 Å². The smallest absolute Gasteiger partial charge is 0.135 e. The quantitative estimate of drug-likeness (QED) is 0.491. The zero-order valence-electron chi connectivity index (χ0n) is 6.20. The van der Waals surface area contributed by atoms with Gasteiger partial charge in [-0.1, -0.05) is 12.2 Å². The highest BCUT2D eigenvalue weighted by atomic mass is 15.5. The number of hydrogen-bond acceptors (Lipinski definition) is 3. The molecule has 3 N–H and O–H groups in total. The van der Waals surface area contributed by atoms with Crippen LogP contribution in [0.1, 0.15) is 6.42 Å². The minimum atomic E-state index is 0.171. The number of allylic oxidation sites excluding steroid dienone is 3. The SMILES string of the molecule is NN1C=CCC2=CC=CNC21. The minimum Gasteiger partial charge on any atom is -0.367 e. The summed E-state index contributed by atoms with van der Waals surface area (Å²) in [6.07, 6.45) is 11.1. The van der Waals surface area contributed by atoms with Crippen LogP contribution < -0.4 is 11.2 Å². The van der Waals surface area contributed by atoms with Gasteiger partial charge in [0.15, 0.2) is 0 Å². The molecule has 0 saturated carbocycles. The summed E-state index contributed by atoms with van der Waals surface area (Å²) < 4.78 is 0. The predicted molar refractivity (Wildman–Crippen MR) is 43.9 cm³/mol. The largest absolute Gasteiger partial charge is 0.367 e. The number of hydrogen-bond donors (Lipinski definition) is 2. The highest BCUT2D eigenvalue weighted by molar-refractivity contribution is 5.27. The Kier molecular flexibility index (Phi) is 1.43. The standard InChI is InChI=1S/C8H11N3/c9-11-6-2-4-7-3-1-5-10-8(7)11/h1-3,5-6,8,10H,4,9H2. The third-order valence-electron chi connectivity index (χ3n) is 1.94. The number of dihydropyridines is 1. The van der Waals surface area contributed by atoms with Crippen LogP contribution in [0.4, 0.5) is 0 Å². The first kappa shape index (κ1) is 6.49. The zero-order chi connectivity index (χ0) is 7.68. The molecule has 0 spiro atoms. The molecular formula is C8H11N3. The Bertz CT molecular complexity index is 240. The van der Waals surface area contributed by atoms with Gasteiger partial charge in [0.05, 0.1) is 0 Å². The summed E-state index contributed by atoms with van der Waals surface area (Å²) in [7, 11) is 0. The highest BCUT2D eigenvalue weighted by Crippen LogP contribution is 2.18. The number of nitrogens with two attached hydrogens (primary N) is 1. The molecule has 0 aromatic rings. The van der Waals surface area contributed by atoms with Gasteiger partial charge in [-0.05, 0) is 24.3 Å². The van der Waals surface area contributed by atoms with Crippen LogP contribution in [-0.4, -0.2) is 11.2 Å². The van der Waals surface area contributed by atoms with E-state index < -0.39 is 0 Å². The van der Waals surface area contributed by atoms with Gasteiger partial charge in [0.1, 0.15) is 6.17 Å². The van der Waals surface area contributed by atoms with Gasteiger partial charge in [-0.3, -0.25) is 5.01 Å². The monoisotopic (exact) mass is 149 g/mol. The number of nitrogens with zero attached hydrogens (tertiary/aromatic N) is 1. The number of hydrazine groups is 1. The Morgan fingerprint density at radius 2 is 2.55 bits per heavy atom. The molecule has 0 radical (unpaired) electrons. The van der Waals surface area contributed by atoms with Crippen molar-refractivity contribution in [2.75, 3.05) is 0 Å². The Hall–Kier alpha value is -1.22. The molecule has 2 heterocycles. The molecule has 3 heteroatoms. The molecule has 11 heavy (non-hydrogen) atoms. The molecule has 0 aromatic carbocycles. The lowest BCUT2D eigenvalue weighted by Gasteiger charge is -2.32. The fourth-order valence-corrected chi connectivity index (χ4v) is 1.37. The van der Waals surface area contributed by atoms with Crippen molar-refractivity contribution in [1.82, 2.24) is 10.3 Å². The maximum absolute atomic E-state index is 5.70. The van der Waals surface area contributed by atoms with E-state index >= 15 is 0 Å². The van der Waals surface area contributed by atoms with Crippen LogP contribution in [0.2, 0.25) is 0 Å². The van der Waals surface area contributed by atoms with Crippen LogP contribution >= 0.6 is 0 Å². The van der Waals surface area contributed by atoms with E-state index in [0.29, 0.717) is 0 Å². The van der Waals surface area contributed by atoms with Crippen molar-refractivity contribution in [1.29, 1.82) is 0 Å². The van der Waals surface area contributed by atoms with E-state index in [9.17, 15) is 0 Å². The first-order valence-corrected chi connectivity index (χ1v) is 3.69. The fourth-order valence-electron chi connectivity index (χ4n) is 1.37. The molecule has 2 aliphatic heterocycles. The molecule has 1 atom stereocenters. The van der Waals surface area contributed by atoms with Crippen molar-refractivity contribution in [3.05, 3.63) is 36.2 Å². The van der Waals surface area contributed by atoms with Crippen molar-refractivity contribution in [3.63, 3.8) is 0 Å². The van der Waals surface area contributed by atoms with E-state index in [1.165, 1.54) is 5.57 Å². The molecule has 0 fully saturated rings. The third kappa shape index (κ3) is 1.03. The molecule has 2 aliphatic rings. The van der Waals surface area contributed by atoms with E-state index in [2.05, 4.69) is 17.5 Å². The first-order valence-electron chi connectivity index (χ1n) is 3.69. The van der Waals surface area contributed by atoms with Gasteiger partial charge in [0, 0.05) is 6.20 Å². The van der Waals surface area contributed by atoms with Crippen molar-refractivity contribution in [3.8, 4) is 0 Å². The second-order valence-corrected chi connectivity index (χ2v) is 2.71. The van der Waals surface area contributed by atoms with Crippen molar-refractivity contribution >= 4 is 0 Å². The van der Waals surface area contributed by atoms with Gasteiger partial charge in [-0.15, -0.1) is 0 Å². The molecule has 58 valence electrons. The summed E-state index contributed by atoms with van der Waals surface area (Å²) in [6.45, 7) is 0. The molecule has 1 unspecified atom stereocenters. The maximum Gasteiger partial charge on any atom is 0.135 e. The van der Waals surface area contributed by atoms with E-state index in [1.54, 1.807) is 5.01 Å². The van der Waals surface area contributed by atoms with E-state index in [0.717, 1.165) is 6.42 Å². The average Bonchev–Trinajstić information content (AvgIpc) is 2.06. The topological polar surface area (TPSA) is 41.3 Å². The van der Waals surface area contributed by atoms with Crippen LogP contribution in [0.15, 0.2) is 36.2 Å². The lowest BCUT2D eigenvalue weighted by Crippen LogP contribution is -2.48. The number of nitrogens with one attached hydrogen (secondary N) is 1. The molecule has 0 amide bonds. The van der Waals surface area contributed by atoms with E-state index in [-0.39, 0.29) is 6.17 Å². The fraction of sp³-hybridized carbons (Fsp3) is 0.250. The summed E-state index contributed by atoms with van der Waals surface area (Å²) in [5.74, 6) is 5.70. The summed E-state index contributed by atoms with van der Waals surface area (Å²) in [6, 6.07) is 0. The van der Waals surface area contributed by atoms with Crippen LogP contribution in [0.3, 0.4) is 0 Å². The summed E-state index contributed by atoms with van der Waals surface area (Å²) >= 11 is 0. The summed E-state index contributed by atoms with van der Waals surface area (Å²) in [5.41, 5.74) is 1.32. The average molecular weight is 149 g/mol. The molecule has 0 bridgehead atoms. The van der Waals surface area contributed by atoms with Crippen LogP contribution in [0.5, 0.6) is 0 Å². The van der Waals surface area contributed by atoms with Gasteiger partial charge in [0.25, 0.3) is 0 Å². The third-order valence-corrected chi connectivity index (χ3v) is 1.94. The highest BCUT2D eigenvalue weighted by Gasteiger charge is 2.19. The number of fused-ring (bicyclic) bond motifs is 1. The lowest BCUT2D eigenvalue weighted by atomic mass is 10.0.